The van der Waals surface area contributed by atoms with E-state index >= 15 is 0 Å². The fourth-order valence-electron chi connectivity index (χ4n) is 1.92. The highest BCUT2D eigenvalue weighted by atomic mass is 19.4. The van der Waals surface area contributed by atoms with Crippen molar-refractivity contribution in [3.63, 3.8) is 0 Å². The van der Waals surface area contributed by atoms with Gasteiger partial charge in [0.25, 0.3) is 0 Å². The Labute approximate surface area is 108 Å². The number of alkyl halides is 3. The first-order valence-electron chi connectivity index (χ1n) is 5.87. The molecule has 1 heterocycles. The summed E-state index contributed by atoms with van der Waals surface area (Å²) >= 11 is 0. The van der Waals surface area contributed by atoms with E-state index in [0.717, 1.165) is 6.07 Å². The van der Waals surface area contributed by atoms with Crippen LogP contribution in [0.4, 0.5) is 13.2 Å². The molecule has 0 fully saturated rings. The average Bonchev–Trinajstić information content (AvgIpc) is 2.85. The number of rotatable bonds is 3. The largest absolute Gasteiger partial charge is 0.416 e. The molecule has 1 aromatic heterocycles. The van der Waals surface area contributed by atoms with Crippen molar-refractivity contribution >= 4 is 0 Å². The number of aryl methyl sites for hydroxylation is 1. The summed E-state index contributed by atoms with van der Waals surface area (Å²) in [6, 6.07) is 4.51. The number of hydrogen-bond donors (Lipinski definition) is 1. The summed E-state index contributed by atoms with van der Waals surface area (Å²) in [5.74, 6) is 0. The van der Waals surface area contributed by atoms with E-state index in [0.29, 0.717) is 12.1 Å². The summed E-state index contributed by atoms with van der Waals surface area (Å²) in [5, 5.41) is 4.03. The lowest BCUT2D eigenvalue weighted by Gasteiger charge is -2.17. The molecule has 0 spiro atoms. The monoisotopic (exact) mass is 269 g/mol. The molecule has 0 aliphatic heterocycles. The third-order valence-electron chi connectivity index (χ3n) is 2.94. The first-order valence-corrected chi connectivity index (χ1v) is 5.87. The van der Waals surface area contributed by atoms with Crippen LogP contribution in [0.25, 0.3) is 0 Å². The molecule has 102 valence electrons. The summed E-state index contributed by atoms with van der Waals surface area (Å²) in [6.45, 7) is 2.54. The molecule has 19 heavy (non-hydrogen) atoms. The molecule has 6 heteroatoms. The number of aromatic nitrogens is 2. The molecule has 2 N–H and O–H groups in total. The minimum atomic E-state index is -4.41. The van der Waals surface area contributed by atoms with Crippen LogP contribution in [0.3, 0.4) is 0 Å². The molecule has 0 saturated carbocycles. The molecule has 0 aliphatic rings. The van der Waals surface area contributed by atoms with E-state index in [1.807, 2.05) is 6.92 Å². The van der Waals surface area contributed by atoms with Crippen LogP contribution in [0.15, 0.2) is 36.7 Å². The average molecular weight is 269 g/mol. The first-order chi connectivity index (χ1) is 8.93. The lowest BCUT2D eigenvalue weighted by Crippen LogP contribution is -2.18. The van der Waals surface area contributed by atoms with Gasteiger partial charge >= 0.3 is 6.18 Å². The number of nitrogens with zero attached hydrogens (tertiary/aromatic N) is 2. The lowest BCUT2D eigenvalue weighted by atomic mass is 9.97. The zero-order valence-corrected chi connectivity index (χ0v) is 10.4. The van der Waals surface area contributed by atoms with E-state index in [1.165, 1.54) is 18.3 Å². The third-order valence-corrected chi connectivity index (χ3v) is 2.94. The van der Waals surface area contributed by atoms with E-state index in [9.17, 15) is 13.2 Å². The molecule has 0 saturated heterocycles. The molecule has 2 rings (SSSR count). The molecule has 3 nitrogen and oxygen atoms in total. The van der Waals surface area contributed by atoms with Crippen molar-refractivity contribution in [2.24, 2.45) is 5.73 Å². The van der Waals surface area contributed by atoms with Crippen LogP contribution >= 0.6 is 0 Å². The van der Waals surface area contributed by atoms with Gasteiger partial charge in [-0.25, -0.2) is 0 Å². The summed E-state index contributed by atoms with van der Waals surface area (Å²) < 4.78 is 40.4. The van der Waals surface area contributed by atoms with Crippen molar-refractivity contribution in [2.45, 2.75) is 25.7 Å². The van der Waals surface area contributed by atoms with Gasteiger partial charge in [-0.1, -0.05) is 18.2 Å². The van der Waals surface area contributed by atoms with Gasteiger partial charge in [-0.3, -0.25) is 4.68 Å². The van der Waals surface area contributed by atoms with Crippen LogP contribution in [-0.4, -0.2) is 9.78 Å². The second kappa shape index (κ2) is 5.05. The summed E-state index contributed by atoms with van der Waals surface area (Å²) in [5.41, 5.74) is 5.86. The Morgan fingerprint density at radius 1 is 1.32 bits per heavy atom. The minimum absolute atomic E-state index is 0.0608. The topological polar surface area (TPSA) is 43.8 Å². The molecule has 1 atom stereocenters. The maximum atomic E-state index is 12.9. The Balaban J connectivity index is 2.41. The van der Waals surface area contributed by atoms with Gasteiger partial charge in [0.05, 0.1) is 17.8 Å². The smallest absolute Gasteiger partial charge is 0.320 e. The molecule has 1 unspecified atom stereocenters. The van der Waals surface area contributed by atoms with Crippen molar-refractivity contribution < 1.29 is 13.2 Å². The molecule has 0 radical (unpaired) electrons. The van der Waals surface area contributed by atoms with E-state index < -0.39 is 17.8 Å². The van der Waals surface area contributed by atoms with Gasteiger partial charge in [-0.2, -0.15) is 18.3 Å². The SMILES string of the molecule is CCn1cc(C(N)c2ccccc2C(F)(F)F)cn1. The standard InChI is InChI=1S/C13H14F3N3/c1-2-19-8-9(7-18-19)12(17)10-5-3-4-6-11(10)13(14,15)16/h3-8,12H,2,17H2,1H3. The van der Waals surface area contributed by atoms with E-state index in [2.05, 4.69) is 5.10 Å². The second-order valence-corrected chi connectivity index (χ2v) is 4.19. The molecular formula is C13H14F3N3. The van der Waals surface area contributed by atoms with Crippen LogP contribution in [-0.2, 0) is 12.7 Å². The van der Waals surface area contributed by atoms with Crippen LogP contribution in [0.2, 0.25) is 0 Å². The maximum absolute atomic E-state index is 12.9. The third kappa shape index (κ3) is 2.78. The Morgan fingerprint density at radius 3 is 2.58 bits per heavy atom. The number of nitrogens with two attached hydrogens (primary N) is 1. The van der Waals surface area contributed by atoms with Gasteiger partial charge in [0.15, 0.2) is 0 Å². The van der Waals surface area contributed by atoms with Crippen LogP contribution < -0.4 is 5.73 Å². The zero-order valence-electron chi connectivity index (χ0n) is 10.4. The number of hydrogen-bond acceptors (Lipinski definition) is 2. The summed E-state index contributed by atoms with van der Waals surface area (Å²) in [4.78, 5) is 0. The predicted molar refractivity (Wildman–Crippen MR) is 65.4 cm³/mol. The Bertz CT molecular complexity index is 560. The molecule has 2 aromatic rings. The summed E-state index contributed by atoms with van der Waals surface area (Å²) in [6.07, 6.45) is -1.24. The quantitative estimate of drug-likeness (QED) is 0.931. The first kappa shape index (κ1) is 13.6. The molecule has 1 aromatic carbocycles. The van der Waals surface area contributed by atoms with Crippen LogP contribution in [0.1, 0.15) is 29.7 Å². The van der Waals surface area contributed by atoms with Crippen molar-refractivity contribution in [1.82, 2.24) is 9.78 Å². The Morgan fingerprint density at radius 2 is 2.00 bits per heavy atom. The van der Waals surface area contributed by atoms with Crippen molar-refractivity contribution in [2.75, 3.05) is 0 Å². The minimum Gasteiger partial charge on any atom is -0.320 e. The van der Waals surface area contributed by atoms with Gasteiger partial charge < -0.3 is 5.73 Å². The van der Waals surface area contributed by atoms with Gasteiger partial charge in [0.2, 0.25) is 0 Å². The molecule has 0 aliphatic carbocycles. The lowest BCUT2D eigenvalue weighted by molar-refractivity contribution is -0.138. The second-order valence-electron chi connectivity index (χ2n) is 4.19. The Kier molecular flexibility index (Phi) is 3.61. The van der Waals surface area contributed by atoms with E-state index in [1.54, 1.807) is 16.9 Å². The highest BCUT2D eigenvalue weighted by molar-refractivity contribution is 5.37. The molecular weight excluding hydrogens is 255 g/mol. The van der Waals surface area contributed by atoms with Crippen LogP contribution in [0.5, 0.6) is 0 Å². The highest BCUT2D eigenvalue weighted by Crippen LogP contribution is 2.35. The number of benzene rings is 1. The fraction of sp³-hybridized carbons (Fsp3) is 0.308. The van der Waals surface area contributed by atoms with Gasteiger partial charge in [0, 0.05) is 18.3 Å². The fourth-order valence-corrected chi connectivity index (χ4v) is 1.92. The molecule has 0 bridgehead atoms. The van der Waals surface area contributed by atoms with Gasteiger partial charge in [-0.05, 0) is 18.6 Å². The van der Waals surface area contributed by atoms with Crippen molar-refractivity contribution in [3.05, 3.63) is 53.3 Å². The van der Waals surface area contributed by atoms with E-state index in [-0.39, 0.29) is 5.56 Å². The normalized spacial score (nSPS) is 13.5. The zero-order chi connectivity index (χ0) is 14.0. The number of halogens is 3. The predicted octanol–water partition coefficient (Wildman–Crippen LogP) is 2.97. The van der Waals surface area contributed by atoms with Crippen molar-refractivity contribution in [3.8, 4) is 0 Å². The van der Waals surface area contributed by atoms with Gasteiger partial charge in [-0.15, -0.1) is 0 Å². The maximum Gasteiger partial charge on any atom is 0.416 e. The van der Waals surface area contributed by atoms with Crippen LogP contribution in [0, 0.1) is 0 Å². The molecule has 0 amide bonds. The van der Waals surface area contributed by atoms with Crippen molar-refractivity contribution in [1.29, 1.82) is 0 Å². The van der Waals surface area contributed by atoms with E-state index in [4.69, 9.17) is 5.73 Å². The highest BCUT2D eigenvalue weighted by Gasteiger charge is 2.34. The Hall–Kier alpha value is -1.82. The van der Waals surface area contributed by atoms with Gasteiger partial charge in [0.1, 0.15) is 0 Å². The summed E-state index contributed by atoms with van der Waals surface area (Å²) in [7, 11) is 0.